The Hall–Kier alpha value is -4.97. The van der Waals surface area contributed by atoms with Crippen molar-refractivity contribution in [3.63, 3.8) is 0 Å². The molecule has 0 aliphatic carbocycles. The summed E-state index contributed by atoms with van der Waals surface area (Å²) < 4.78 is 27.8. The van der Waals surface area contributed by atoms with Crippen LogP contribution in [0.3, 0.4) is 0 Å². The van der Waals surface area contributed by atoms with Crippen LogP contribution in [0.25, 0.3) is 70.7 Å². The first-order valence-corrected chi connectivity index (χ1v) is 24.0. The first-order chi connectivity index (χ1) is 28.7. The second-order valence-electron chi connectivity index (χ2n) is 16.3. The maximum absolute atomic E-state index is 7.70. The molecule has 9 aromatic rings. The summed E-state index contributed by atoms with van der Waals surface area (Å²) in [5.74, 6) is 1.59. The first-order valence-electron chi connectivity index (χ1n) is 21.2. The molecule has 0 unspecified atom stereocenters. The van der Waals surface area contributed by atoms with E-state index in [-0.39, 0.29) is 20.1 Å². The summed E-state index contributed by atoms with van der Waals surface area (Å²) in [6.07, 6.45) is 2.02. The van der Waals surface area contributed by atoms with Gasteiger partial charge >= 0.3 is 0 Å². The fraction of sp³-hybridized carbons (Fsp3) is 0.192. The van der Waals surface area contributed by atoms with Gasteiger partial charge in [-0.25, -0.2) is 0 Å². The van der Waals surface area contributed by atoms with Crippen molar-refractivity contribution >= 4 is 55.8 Å². The van der Waals surface area contributed by atoms with Gasteiger partial charge in [-0.2, -0.15) is 11.3 Å². The van der Waals surface area contributed by atoms with Crippen molar-refractivity contribution in [2.45, 2.75) is 66.0 Å². The van der Waals surface area contributed by atoms with Gasteiger partial charge in [0.25, 0.3) is 0 Å². The maximum Gasteiger partial charge on any atom is 0.0795 e. The fourth-order valence-electron chi connectivity index (χ4n) is 7.49. The van der Waals surface area contributed by atoms with E-state index in [0.29, 0.717) is 17.4 Å². The zero-order valence-electron chi connectivity index (χ0n) is 37.0. The van der Waals surface area contributed by atoms with Gasteiger partial charge in [-0.1, -0.05) is 143 Å². The number of fused-ring (bicyclic) bond motifs is 4. The second-order valence-corrected chi connectivity index (χ2v) is 22.4. The van der Waals surface area contributed by atoms with E-state index in [2.05, 4.69) is 148 Å². The molecule has 0 saturated carbocycles. The van der Waals surface area contributed by atoms with E-state index in [4.69, 9.17) is 9.10 Å². The van der Waals surface area contributed by atoms with Gasteiger partial charge in [-0.05, 0) is 80.1 Å². The third-order valence-electron chi connectivity index (χ3n) is 10.6. The molecule has 0 fully saturated rings. The molecule has 0 saturated heterocycles. The summed E-state index contributed by atoms with van der Waals surface area (Å²) in [6.45, 7) is 13.9. The molecule has 3 aromatic heterocycles. The Bertz CT molecular complexity index is 2920. The molecule has 58 heavy (non-hydrogen) atoms. The quantitative estimate of drug-likeness (QED) is 0.118. The maximum atomic E-state index is 7.70. The minimum Gasteiger partial charge on any atom is -0.333 e. The van der Waals surface area contributed by atoms with E-state index in [0.717, 1.165) is 49.5 Å². The van der Waals surface area contributed by atoms with Gasteiger partial charge < -0.3 is 9.55 Å². The van der Waals surface area contributed by atoms with Crippen LogP contribution >= 0.6 is 11.3 Å². The summed E-state index contributed by atoms with van der Waals surface area (Å²) in [5.41, 5.74) is 11.4. The van der Waals surface area contributed by atoms with Crippen LogP contribution in [0.2, 0.25) is 19.6 Å². The Morgan fingerprint density at radius 1 is 0.707 bits per heavy atom. The smallest absolute Gasteiger partial charge is 0.0795 e. The van der Waals surface area contributed by atoms with Gasteiger partial charge in [0.2, 0.25) is 0 Å². The predicted octanol–water partition coefficient (Wildman–Crippen LogP) is 14.2. The standard InChI is InChI=1S/C38H33N2S.C14H16NSi.Ir/c1-23(2)28-10-8-11-29(24(3)4)36(28)40-34-15-7-6-14-33(34)39-38(40)32-13-9-12-31-30-21-20-27(22-35(30)41-37(31)32)26-18-16-25(5)17-19-26;1-16(2,3)13-9-10-14(15-11-13)12-7-5-4-6-8-12;/h6-12,14-24H,1-5H3;4-7,9-11H,1-3H3;/q2*-1;/i5D3;;. The molecule has 0 N–H and O–H groups in total. The summed E-state index contributed by atoms with van der Waals surface area (Å²) in [6, 6.07) is 52.0. The number of hydrogen-bond acceptors (Lipinski definition) is 3. The summed E-state index contributed by atoms with van der Waals surface area (Å²) >= 11 is 1.76. The topological polar surface area (TPSA) is 30.7 Å². The largest absolute Gasteiger partial charge is 0.333 e. The van der Waals surface area contributed by atoms with Crippen LogP contribution < -0.4 is 5.19 Å². The van der Waals surface area contributed by atoms with Gasteiger partial charge in [0, 0.05) is 40.8 Å². The van der Waals surface area contributed by atoms with Crippen molar-refractivity contribution in [3.05, 3.63) is 168 Å². The molecule has 3 nitrogen and oxygen atoms in total. The van der Waals surface area contributed by atoms with Crippen LogP contribution in [0, 0.1) is 19.0 Å². The predicted molar refractivity (Wildman–Crippen MR) is 248 cm³/mol. The zero-order valence-corrected chi connectivity index (χ0v) is 38.2. The van der Waals surface area contributed by atoms with Crippen LogP contribution in [-0.4, -0.2) is 22.6 Å². The zero-order chi connectivity index (χ0) is 42.3. The number of hydrogen-bond donors (Lipinski definition) is 0. The first kappa shape index (κ1) is 37.3. The van der Waals surface area contributed by atoms with Crippen molar-refractivity contribution in [1.29, 1.82) is 0 Å². The molecular formula is C52H49IrN3SSi-2. The van der Waals surface area contributed by atoms with E-state index in [1.807, 2.05) is 48.7 Å². The average molecular weight is 971 g/mol. The van der Waals surface area contributed by atoms with Gasteiger partial charge in [0.05, 0.1) is 24.9 Å². The summed E-state index contributed by atoms with van der Waals surface area (Å²) in [5, 5.41) is 3.77. The van der Waals surface area contributed by atoms with Crippen LogP contribution in [0.4, 0.5) is 0 Å². The molecular weight excluding hydrogens is 919 g/mol. The van der Waals surface area contributed by atoms with E-state index in [1.165, 1.54) is 37.5 Å². The molecule has 3 heterocycles. The third-order valence-corrected chi connectivity index (χ3v) is 13.8. The molecule has 293 valence electrons. The van der Waals surface area contributed by atoms with Crippen LogP contribution in [0.15, 0.2) is 140 Å². The van der Waals surface area contributed by atoms with Gasteiger partial charge in [-0.15, -0.1) is 54.1 Å². The Morgan fingerprint density at radius 3 is 2.09 bits per heavy atom. The van der Waals surface area contributed by atoms with Gasteiger partial charge in [0.1, 0.15) is 0 Å². The second kappa shape index (κ2) is 17.1. The molecule has 0 bridgehead atoms. The van der Waals surface area contributed by atoms with E-state index in [1.54, 1.807) is 23.5 Å². The van der Waals surface area contributed by atoms with Crippen molar-refractivity contribution in [2.75, 3.05) is 0 Å². The SMILES string of the molecule is C[Si](C)(C)c1ccc(-c2[c-]cccc2)nc1.[2H]C([2H])([2H])c1ccc(-c2ccc3c(c2)sc2c(-c4nc5ccccc5n4-c4c(C(C)C)cccc4C(C)C)[c-]ccc23)cc1.[Ir]. The van der Waals surface area contributed by atoms with Crippen LogP contribution in [0.5, 0.6) is 0 Å². The summed E-state index contributed by atoms with van der Waals surface area (Å²) in [4.78, 5) is 9.78. The number of benzene rings is 6. The van der Waals surface area contributed by atoms with E-state index in [9.17, 15) is 0 Å². The molecule has 0 amide bonds. The van der Waals surface area contributed by atoms with E-state index < -0.39 is 14.9 Å². The molecule has 6 aromatic carbocycles. The van der Waals surface area contributed by atoms with Crippen molar-refractivity contribution < 1.29 is 24.2 Å². The molecule has 6 heteroatoms. The Morgan fingerprint density at radius 2 is 1.43 bits per heavy atom. The Kier molecular flexibility index (Phi) is 11.0. The molecule has 9 rings (SSSR count). The average Bonchev–Trinajstić information content (AvgIpc) is 3.82. The van der Waals surface area contributed by atoms with Crippen molar-refractivity contribution in [1.82, 2.24) is 14.5 Å². The molecule has 0 spiro atoms. The minimum absolute atomic E-state index is 0. The number of nitrogens with zero attached hydrogens (tertiary/aromatic N) is 3. The number of thiophene rings is 1. The van der Waals surface area contributed by atoms with Crippen LogP contribution in [-0.2, 0) is 20.1 Å². The number of para-hydroxylation sites is 3. The van der Waals surface area contributed by atoms with Gasteiger partial charge in [-0.3, -0.25) is 4.98 Å². The van der Waals surface area contributed by atoms with Gasteiger partial charge in [0.15, 0.2) is 0 Å². The summed E-state index contributed by atoms with van der Waals surface area (Å²) in [7, 11) is -1.23. The third kappa shape index (κ3) is 8.17. The molecule has 0 atom stereocenters. The monoisotopic (exact) mass is 971 g/mol. The van der Waals surface area contributed by atoms with Crippen molar-refractivity contribution in [2.24, 2.45) is 0 Å². The Labute approximate surface area is 366 Å². The molecule has 0 aliphatic heterocycles. The fourth-order valence-corrected chi connectivity index (χ4v) is 9.76. The van der Waals surface area contributed by atoms with Crippen LogP contribution in [0.1, 0.15) is 60.3 Å². The molecule has 0 aliphatic rings. The number of aryl methyl sites for hydroxylation is 1. The number of aromatic nitrogens is 3. The van der Waals surface area contributed by atoms with E-state index >= 15 is 0 Å². The molecule has 1 radical (unpaired) electrons. The number of pyridine rings is 1. The number of rotatable bonds is 7. The number of imidazole rings is 1. The normalized spacial score (nSPS) is 12.6. The van der Waals surface area contributed by atoms with Crippen molar-refractivity contribution in [3.8, 4) is 39.5 Å². The Balaban J connectivity index is 0.000000278. The minimum atomic E-state index is -2.11.